The Morgan fingerprint density at radius 3 is 2.33 bits per heavy atom. The number of hydrogen-bond donors (Lipinski definition) is 1. The molecule has 1 aromatic carbocycles. The molecule has 0 saturated heterocycles. The smallest absolute Gasteiger partial charge is 0.118 e. The molecule has 0 radical (unpaired) electrons. The van der Waals surface area contributed by atoms with Crippen molar-refractivity contribution >= 4 is 0 Å². The van der Waals surface area contributed by atoms with Crippen LogP contribution in [0.2, 0.25) is 0 Å². The van der Waals surface area contributed by atoms with Gasteiger partial charge in [-0.05, 0) is 31.7 Å². The maximum atomic E-state index is 5.58. The summed E-state index contributed by atoms with van der Waals surface area (Å²) in [6.07, 6.45) is 0. The fourth-order valence-corrected chi connectivity index (χ4v) is 1.65. The van der Waals surface area contributed by atoms with Gasteiger partial charge in [-0.1, -0.05) is 12.1 Å². The zero-order chi connectivity index (χ0) is 13.2. The first-order valence-corrected chi connectivity index (χ1v) is 6.28. The van der Waals surface area contributed by atoms with Gasteiger partial charge in [0.25, 0.3) is 0 Å². The Bertz CT molecular complexity index is 313. The minimum Gasteiger partial charge on any atom is -0.497 e. The molecule has 0 aliphatic heterocycles. The lowest BCUT2D eigenvalue weighted by molar-refractivity contribution is 0.0441. The van der Waals surface area contributed by atoms with Gasteiger partial charge in [-0.15, -0.1) is 0 Å². The van der Waals surface area contributed by atoms with Gasteiger partial charge in [0.05, 0.1) is 33.0 Å². The first kappa shape index (κ1) is 15.0. The van der Waals surface area contributed by atoms with E-state index in [1.165, 1.54) is 5.56 Å². The number of nitrogens with one attached hydrogen (secondary N) is 1. The molecule has 0 aliphatic rings. The quantitative estimate of drug-likeness (QED) is 0.683. The molecular weight excluding hydrogens is 230 g/mol. The Morgan fingerprint density at radius 1 is 1.11 bits per heavy atom. The van der Waals surface area contributed by atoms with Crippen LogP contribution in [0, 0.1) is 0 Å². The molecule has 0 fully saturated rings. The number of rotatable bonds is 9. The normalized spacial score (nSPS) is 12.4. The third kappa shape index (κ3) is 5.04. The predicted molar refractivity (Wildman–Crippen MR) is 72.1 cm³/mol. The topological polar surface area (TPSA) is 39.7 Å². The van der Waals surface area contributed by atoms with E-state index < -0.39 is 0 Å². The Kier molecular flexibility index (Phi) is 7.41. The highest BCUT2D eigenvalue weighted by Gasteiger charge is 2.09. The van der Waals surface area contributed by atoms with Crippen molar-refractivity contribution in [3.8, 4) is 5.75 Å². The molecule has 102 valence electrons. The second-order valence-corrected chi connectivity index (χ2v) is 3.89. The van der Waals surface area contributed by atoms with Crippen molar-refractivity contribution < 1.29 is 14.2 Å². The molecule has 1 unspecified atom stereocenters. The van der Waals surface area contributed by atoms with E-state index >= 15 is 0 Å². The molecular formula is C14H23NO3. The maximum Gasteiger partial charge on any atom is 0.118 e. The summed E-state index contributed by atoms with van der Waals surface area (Å²) in [6.45, 7) is 4.62. The van der Waals surface area contributed by atoms with Crippen molar-refractivity contribution in [1.29, 1.82) is 0 Å². The van der Waals surface area contributed by atoms with Crippen molar-refractivity contribution in [3.05, 3.63) is 29.8 Å². The standard InChI is InChI=1S/C14H23NO3/c1-4-17-9-10-18-11-14(15-2)12-5-7-13(16-3)8-6-12/h5-8,14-15H,4,9-11H2,1-3H3. The third-order valence-electron chi connectivity index (χ3n) is 2.73. The fourth-order valence-electron chi connectivity index (χ4n) is 1.65. The molecule has 0 heterocycles. The number of hydrogen-bond acceptors (Lipinski definition) is 4. The lowest BCUT2D eigenvalue weighted by atomic mass is 10.1. The van der Waals surface area contributed by atoms with Gasteiger partial charge in [0.15, 0.2) is 0 Å². The monoisotopic (exact) mass is 253 g/mol. The minimum atomic E-state index is 0.192. The summed E-state index contributed by atoms with van der Waals surface area (Å²) in [4.78, 5) is 0. The molecule has 1 atom stereocenters. The van der Waals surface area contributed by atoms with E-state index in [1.807, 2.05) is 38.2 Å². The third-order valence-corrected chi connectivity index (χ3v) is 2.73. The molecule has 4 nitrogen and oxygen atoms in total. The number of methoxy groups -OCH3 is 1. The van der Waals surface area contributed by atoms with Gasteiger partial charge in [0, 0.05) is 6.61 Å². The second kappa shape index (κ2) is 8.91. The molecule has 0 spiro atoms. The summed E-state index contributed by atoms with van der Waals surface area (Å²) in [5.41, 5.74) is 1.19. The number of ether oxygens (including phenoxy) is 3. The fraction of sp³-hybridized carbons (Fsp3) is 0.571. The summed E-state index contributed by atoms with van der Waals surface area (Å²) in [5.74, 6) is 0.867. The predicted octanol–water partition coefficient (Wildman–Crippen LogP) is 2.01. The van der Waals surface area contributed by atoms with E-state index in [2.05, 4.69) is 5.32 Å². The van der Waals surface area contributed by atoms with Crippen LogP contribution in [-0.4, -0.2) is 40.6 Å². The van der Waals surface area contributed by atoms with Crippen LogP contribution < -0.4 is 10.1 Å². The molecule has 1 N–H and O–H groups in total. The van der Waals surface area contributed by atoms with E-state index in [0.717, 1.165) is 12.4 Å². The first-order chi connectivity index (χ1) is 8.81. The van der Waals surface area contributed by atoms with Crippen molar-refractivity contribution in [3.63, 3.8) is 0 Å². The number of benzene rings is 1. The largest absolute Gasteiger partial charge is 0.497 e. The lowest BCUT2D eigenvalue weighted by Gasteiger charge is -2.17. The van der Waals surface area contributed by atoms with Crippen molar-refractivity contribution in [2.24, 2.45) is 0 Å². The summed E-state index contributed by atoms with van der Waals surface area (Å²) in [6, 6.07) is 8.20. The van der Waals surface area contributed by atoms with Crippen LogP contribution in [0.4, 0.5) is 0 Å². The van der Waals surface area contributed by atoms with Crippen LogP contribution in [0.5, 0.6) is 5.75 Å². The van der Waals surface area contributed by atoms with Crippen LogP contribution in [0.25, 0.3) is 0 Å². The van der Waals surface area contributed by atoms with Crippen LogP contribution in [0.3, 0.4) is 0 Å². The van der Waals surface area contributed by atoms with Gasteiger partial charge < -0.3 is 19.5 Å². The van der Waals surface area contributed by atoms with Gasteiger partial charge in [-0.25, -0.2) is 0 Å². The molecule has 0 bridgehead atoms. The molecule has 0 aliphatic carbocycles. The van der Waals surface area contributed by atoms with Gasteiger partial charge in [-0.2, -0.15) is 0 Å². The molecule has 0 amide bonds. The zero-order valence-corrected chi connectivity index (χ0v) is 11.4. The lowest BCUT2D eigenvalue weighted by Crippen LogP contribution is -2.22. The Hall–Kier alpha value is -1.10. The highest BCUT2D eigenvalue weighted by atomic mass is 16.5. The van der Waals surface area contributed by atoms with Gasteiger partial charge >= 0.3 is 0 Å². The number of likely N-dealkylation sites (N-methyl/N-ethyl adjacent to an activating group) is 1. The average Bonchev–Trinajstić information content (AvgIpc) is 2.43. The summed E-state index contributed by atoms with van der Waals surface area (Å²) in [5, 5.41) is 3.24. The minimum absolute atomic E-state index is 0.192. The van der Waals surface area contributed by atoms with Gasteiger partial charge in [-0.3, -0.25) is 0 Å². The summed E-state index contributed by atoms with van der Waals surface area (Å²) in [7, 11) is 3.60. The van der Waals surface area contributed by atoms with Crippen LogP contribution in [0.15, 0.2) is 24.3 Å². The van der Waals surface area contributed by atoms with Crippen LogP contribution >= 0.6 is 0 Å². The first-order valence-electron chi connectivity index (χ1n) is 6.28. The molecule has 0 saturated carbocycles. The van der Waals surface area contributed by atoms with E-state index in [4.69, 9.17) is 14.2 Å². The molecule has 0 aromatic heterocycles. The second-order valence-electron chi connectivity index (χ2n) is 3.89. The van der Waals surface area contributed by atoms with Gasteiger partial charge in [0.2, 0.25) is 0 Å². The van der Waals surface area contributed by atoms with E-state index in [1.54, 1.807) is 7.11 Å². The van der Waals surface area contributed by atoms with Crippen molar-refractivity contribution in [1.82, 2.24) is 5.32 Å². The molecule has 1 rings (SSSR count). The van der Waals surface area contributed by atoms with E-state index in [-0.39, 0.29) is 6.04 Å². The van der Waals surface area contributed by atoms with Crippen molar-refractivity contribution in [2.45, 2.75) is 13.0 Å². The van der Waals surface area contributed by atoms with Crippen LogP contribution in [-0.2, 0) is 9.47 Å². The molecule has 1 aromatic rings. The Balaban J connectivity index is 2.39. The zero-order valence-electron chi connectivity index (χ0n) is 11.4. The summed E-state index contributed by atoms with van der Waals surface area (Å²) >= 11 is 0. The Labute approximate surface area is 109 Å². The van der Waals surface area contributed by atoms with Crippen molar-refractivity contribution in [2.75, 3.05) is 40.6 Å². The Morgan fingerprint density at radius 2 is 1.78 bits per heavy atom. The van der Waals surface area contributed by atoms with E-state index in [9.17, 15) is 0 Å². The van der Waals surface area contributed by atoms with Crippen LogP contribution in [0.1, 0.15) is 18.5 Å². The van der Waals surface area contributed by atoms with Gasteiger partial charge in [0.1, 0.15) is 5.75 Å². The van der Waals surface area contributed by atoms with E-state index in [0.29, 0.717) is 19.8 Å². The SMILES string of the molecule is CCOCCOCC(NC)c1ccc(OC)cc1. The highest BCUT2D eigenvalue weighted by molar-refractivity contribution is 5.29. The summed E-state index contributed by atoms with van der Waals surface area (Å²) < 4.78 is 15.9. The maximum absolute atomic E-state index is 5.58. The highest BCUT2D eigenvalue weighted by Crippen LogP contribution is 2.17. The average molecular weight is 253 g/mol. The molecule has 18 heavy (non-hydrogen) atoms. The molecule has 4 heteroatoms.